The summed E-state index contributed by atoms with van der Waals surface area (Å²) in [5, 5.41) is 8.13. The first-order valence-corrected chi connectivity index (χ1v) is 2.27. The number of aromatic nitrogens is 2. The monoisotopic (exact) mass is 144 g/mol. The Morgan fingerprint density at radius 3 is 2.80 bits per heavy atom. The predicted molar refractivity (Wildman–Crippen MR) is 34.6 cm³/mol. The molecule has 0 saturated carbocycles. The maximum atomic E-state index is 9.91. The highest BCUT2D eigenvalue weighted by molar-refractivity contribution is 5.73. The largest absolute Gasteiger partial charge is 0.464 e. The molecule has 0 bridgehead atoms. The lowest BCUT2D eigenvalue weighted by molar-refractivity contribution is 0.206. The number of nitrogens with one attached hydrogen (secondary N) is 1. The molecule has 6 nitrogen and oxygen atoms in total. The van der Waals surface area contributed by atoms with Crippen LogP contribution in [0.2, 0.25) is 0 Å². The molecule has 6 heteroatoms. The maximum absolute atomic E-state index is 9.91. The quantitative estimate of drug-likeness (QED) is 0.526. The minimum absolute atomic E-state index is 0. The third-order valence-electron chi connectivity index (χ3n) is 0.729. The minimum Gasteiger partial charge on any atom is -0.464 e. The zero-order chi connectivity index (χ0) is 6.69. The molecule has 0 atom stereocenters. The number of hydrogen-bond donors (Lipinski definition) is 3. The molecule has 1 aromatic heterocycles. The second-order valence-electron chi connectivity index (χ2n) is 1.39. The predicted octanol–water partition coefficient (Wildman–Crippen LogP) is 0.267. The lowest BCUT2D eigenvalue weighted by Crippen LogP contribution is -2.18. The summed E-state index contributed by atoms with van der Waals surface area (Å²) in [5.74, 6) is 0. The Labute approximate surface area is 57.0 Å². The van der Waals surface area contributed by atoms with E-state index >= 15 is 0 Å². The van der Waals surface area contributed by atoms with Gasteiger partial charge < -0.3 is 11.3 Å². The standard InChI is InChI=1S/C4H5N3O2.H3N/c8-4(9)6-7-2-1-5-3-7;/h1-3,6H,(H,8,9);1H3. The van der Waals surface area contributed by atoms with E-state index in [1.807, 2.05) is 0 Å². The molecule has 1 heterocycles. The average Bonchev–Trinajstić information content (AvgIpc) is 2.15. The van der Waals surface area contributed by atoms with E-state index in [2.05, 4.69) is 10.4 Å². The molecule has 0 saturated heterocycles. The summed E-state index contributed by atoms with van der Waals surface area (Å²) < 4.78 is 1.24. The number of carboxylic acid groups (broad SMARTS) is 1. The van der Waals surface area contributed by atoms with Crippen molar-refractivity contribution in [2.24, 2.45) is 0 Å². The third kappa shape index (κ3) is 2.14. The molecule has 0 aliphatic heterocycles. The lowest BCUT2D eigenvalue weighted by Gasteiger charge is -1.96. The smallest absolute Gasteiger partial charge is 0.424 e. The summed E-state index contributed by atoms with van der Waals surface area (Å²) in [5.41, 5.74) is 2.06. The molecule has 0 fully saturated rings. The molecular formula is C4H8N4O2. The first kappa shape index (κ1) is 8.44. The number of amides is 1. The fourth-order valence-electron chi connectivity index (χ4n) is 0.436. The topological polar surface area (TPSA) is 102 Å². The van der Waals surface area contributed by atoms with Crippen LogP contribution in [0.25, 0.3) is 0 Å². The van der Waals surface area contributed by atoms with Gasteiger partial charge in [-0.15, -0.1) is 0 Å². The normalized spacial score (nSPS) is 8.00. The molecule has 10 heavy (non-hydrogen) atoms. The van der Waals surface area contributed by atoms with Gasteiger partial charge in [0.05, 0.1) is 0 Å². The van der Waals surface area contributed by atoms with Gasteiger partial charge in [0.15, 0.2) is 0 Å². The van der Waals surface area contributed by atoms with Gasteiger partial charge in [-0.2, -0.15) is 0 Å². The Balaban J connectivity index is 0.000000810. The average molecular weight is 144 g/mol. The van der Waals surface area contributed by atoms with E-state index in [0.717, 1.165) is 0 Å². The zero-order valence-electron chi connectivity index (χ0n) is 5.19. The Kier molecular flexibility index (Phi) is 2.92. The highest BCUT2D eigenvalue weighted by Gasteiger charge is 1.91. The molecule has 0 radical (unpaired) electrons. The molecule has 1 amide bonds. The van der Waals surface area contributed by atoms with Crippen molar-refractivity contribution in [2.45, 2.75) is 0 Å². The SMILES string of the molecule is N.O=C(O)Nn1ccnc1. The van der Waals surface area contributed by atoms with Crippen LogP contribution in [-0.4, -0.2) is 20.9 Å². The van der Waals surface area contributed by atoms with Crippen LogP contribution in [0.4, 0.5) is 4.79 Å². The Morgan fingerprint density at radius 1 is 1.70 bits per heavy atom. The van der Waals surface area contributed by atoms with E-state index in [4.69, 9.17) is 5.11 Å². The zero-order valence-corrected chi connectivity index (χ0v) is 5.19. The van der Waals surface area contributed by atoms with Crippen molar-refractivity contribution in [1.82, 2.24) is 15.8 Å². The van der Waals surface area contributed by atoms with Gasteiger partial charge in [-0.3, -0.25) is 0 Å². The van der Waals surface area contributed by atoms with Crippen LogP contribution in [0, 0.1) is 0 Å². The van der Waals surface area contributed by atoms with E-state index in [0.29, 0.717) is 0 Å². The van der Waals surface area contributed by atoms with Gasteiger partial charge >= 0.3 is 6.09 Å². The van der Waals surface area contributed by atoms with E-state index in [1.165, 1.54) is 23.4 Å². The molecule has 1 aromatic rings. The van der Waals surface area contributed by atoms with Crippen molar-refractivity contribution < 1.29 is 9.90 Å². The Morgan fingerprint density at radius 2 is 2.40 bits per heavy atom. The number of carbonyl (C=O) groups is 1. The molecule has 0 aromatic carbocycles. The molecule has 0 aliphatic rings. The summed E-state index contributed by atoms with van der Waals surface area (Å²) in [6.07, 6.45) is 3.23. The summed E-state index contributed by atoms with van der Waals surface area (Å²) in [4.78, 5) is 13.5. The summed E-state index contributed by atoms with van der Waals surface area (Å²) in [6.45, 7) is 0. The second-order valence-corrected chi connectivity index (χ2v) is 1.39. The van der Waals surface area contributed by atoms with Gasteiger partial charge in [0.1, 0.15) is 6.33 Å². The van der Waals surface area contributed by atoms with E-state index in [9.17, 15) is 4.79 Å². The molecule has 0 unspecified atom stereocenters. The van der Waals surface area contributed by atoms with E-state index in [1.54, 1.807) is 0 Å². The van der Waals surface area contributed by atoms with Crippen LogP contribution in [0.3, 0.4) is 0 Å². The van der Waals surface area contributed by atoms with Crippen molar-refractivity contribution in [3.05, 3.63) is 18.7 Å². The minimum atomic E-state index is -1.10. The Hall–Kier alpha value is -1.56. The second kappa shape index (κ2) is 3.46. The number of imidazole rings is 1. The highest BCUT2D eigenvalue weighted by atomic mass is 16.4. The van der Waals surface area contributed by atoms with Crippen molar-refractivity contribution in [3.63, 3.8) is 0 Å². The van der Waals surface area contributed by atoms with Gasteiger partial charge in [0, 0.05) is 12.4 Å². The van der Waals surface area contributed by atoms with Crippen molar-refractivity contribution >= 4 is 6.09 Å². The van der Waals surface area contributed by atoms with Crippen molar-refractivity contribution in [1.29, 1.82) is 0 Å². The molecule has 0 aliphatic carbocycles. The van der Waals surface area contributed by atoms with Crippen LogP contribution in [0.5, 0.6) is 0 Å². The molecule has 56 valence electrons. The number of rotatable bonds is 1. The van der Waals surface area contributed by atoms with E-state index < -0.39 is 6.09 Å². The third-order valence-corrected chi connectivity index (χ3v) is 0.729. The highest BCUT2D eigenvalue weighted by Crippen LogP contribution is 1.78. The van der Waals surface area contributed by atoms with Crippen LogP contribution >= 0.6 is 0 Å². The number of nitrogens with zero attached hydrogens (tertiary/aromatic N) is 2. The van der Waals surface area contributed by atoms with Gasteiger partial charge in [-0.05, 0) is 0 Å². The van der Waals surface area contributed by atoms with Crippen LogP contribution in [-0.2, 0) is 0 Å². The van der Waals surface area contributed by atoms with Gasteiger partial charge in [0.2, 0.25) is 0 Å². The first-order chi connectivity index (χ1) is 4.29. The van der Waals surface area contributed by atoms with Crippen LogP contribution in [0.15, 0.2) is 18.7 Å². The van der Waals surface area contributed by atoms with Crippen LogP contribution < -0.4 is 11.6 Å². The fourth-order valence-corrected chi connectivity index (χ4v) is 0.436. The van der Waals surface area contributed by atoms with Crippen LogP contribution in [0.1, 0.15) is 0 Å². The van der Waals surface area contributed by atoms with Crippen molar-refractivity contribution in [3.8, 4) is 0 Å². The van der Waals surface area contributed by atoms with Gasteiger partial charge in [-0.1, -0.05) is 0 Å². The summed E-state index contributed by atoms with van der Waals surface area (Å²) >= 11 is 0. The van der Waals surface area contributed by atoms with Crippen molar-refractivity contribution in [2.75, 3.05) is 5.43 Å². The molecule has 5 N–H and O–H groups in total. The van der Waals surface area contributed by atoms with E-state index in [-0.39, 0.29) is 6.15 Å². The fraction of sp³-hybridized carbons (Fsp3) is 0. The maximum Gasteiger partial charge on any atom is 0.424 e. The summed E-state index contributed by atoms with van der Waals surface area (Å²) in [6, 6.07) is 0. The first-order valence-electron chi connectivity index (χ1n) is 2.27. The molecule has 1 rings (SSSR count). The molecule has 0 spiro atoms. The lowest BCUT2D eigenvalue weighted by atomic mass is 10.9. The summed E-state index contributed by atoms with van der Waals surface area (Å²) in [7, 11) is 0. The Bertz CT molecular complexity index is 195. The number of hydrogen-bond acceptors (Lipinski definition) is 3. The van der Waals surface area contributed by atoms with Gasteiger partial charge in [0.25, 0.3) is 0 Å². The van der Waals surface area contributed by atoms with Gasteiger partial charge in [-0.25, -0.2) is 19.9 Å². The molecular weight excluding hydrogens is 136 g/mol.